The first kappa shape index (κ1) is 16.8. The van der Waals surface area contributed by atoms with Crippen LogP contribution >= 0.6 is 35.9 Å². The van der Waals surface area contributed by atoms with Crippen molar-refractivity contribution in [2.75, 3.05) is 17.3 Å². The van der Waals surface area contributed by atoms with Gasteiger partial charge in [0.1, 0.15) is 5.82 Å². The molecular formula is C10H19ClN4S2. The van der Waals surface area contributed by atoms with E-state index < -0.39 is 0 Å². The summed E-state index contributed by atoms with van der Waals surface area (Å²) in [7, 11) is 0. The predicted molar refractivity (Wildman–Crippen MR) is 79.1 cm³/mol. The molecule has 1 rings (SSSR count). The topological polar surface area (TPSA) is 56.7 Å². The molecule has 0 spiro atoms. The first-order valence-corrected chi connectivity index (χ1v) is 7.41. The zero-order valence-corrected chi connectivity index (χ0v) is 12.4. The first-order chi connectivity index (χ1) is 7.83. The molecule has 0 unspecified atom stereocenters. The lowest BCUT2D eigenvalue weighted by molar-refractivity contribution is 0.680. The number of hydrogen-bond acceptors (Lipinski definition) is 5. The van der Waals surface area contributed by atoms with Crippen molar-refractivity contribution in [3.05, 3.63) is 18.5 Å². The van der Waals surface area contributed by atoms with E-state index in [0.717, 1.165) is 34.8 Å². The third-order valence-electron chi connectivity index (χ3n) is 1.95. The van der Waals surface area contributed by atoms with E-state index in [4.69, 9.17) is 5.73 Å². The SMILES string of the molecule is C=CCn1c(CN)nnc1SCCSCC.Cl. The second kappa shape index (κ2) is 9.82. The van der Waals surface area contributed by atoms with Crippen LogP contribution < -0.4 is 5.73 Å². The van der Waals surface area contributed by atoms with Gasteiger partial charge in [-0.1, -0.05) is 24.8 Å². The minimum Gasteiger partial charge on any atom is -0.324 e. The minimum atomic E-state index is 0. The number of nitrogens with two attached hydrogens (primary N) is 1. The van der Waals surface area contributed by atoms with Crippen molar-refractivity contribution in [1.82, 2.24) is 14.8 Å². The van der Waals surface area contributed by atoms with Crippen molar-refractivity contribution in [3.8, 4) is 0 Å². The van der Waals surface area contributed by atoms with Gasteiger partial charge >= 0.3 is 0 Å². The quantitative estimate of drug-likeness (QED) is 0.452. The predicted octanol–water partition coefficient (Wildman–Crippen LogP) is 2.19. The van der Waals surface area contributed by atoms with E-state index in [9.17, 15) is 0 Å². The fraction of sp³-hybridized carbons (Fsp3) is 0.600. The molecule has 1 aromatic heterocycles. The number of aromatic nitrogens is 3. The zero-order chi connectivity index (χ0) is 11.8. The molecule has 0 radical (unpaired) electrons. The Balaban J connectivity index is 0.00000256. The average molecular weight is 295 g/mol. The van der Waals surface area contributed by atoms with Gasteiger partial charge < -0.3 is 10.3 Å². The molecule has 0 atom stereocenters. The second-order valence-corrected chi connectivity index (χ2v) is 5.50. The Morgan fingerprint density at radius 1 is 1.41 bits per heavy atom. The van der Waals surface area contributed by atoms with Crippen LogP contribution in [0.4, 0.5) is 0 Å². The van der Waals surface area contributed by atoms with Gasteiger partial charge in [0.05, 0.1) is 6.54 Å². The molecule has 2 N–H and O–H groups in total. The summed E-state index contributed by atoms with van der Waals surface area (Å²) >= 11 is 3.66. The highest BCUT2D eigenvalue weighted by molar-refractivity contribution is 8.02. The van der Waals surface area contributed by atoms with Crippen molar-refractivity contribution in [3.63, 3.8) is 0 Å². The second-order valence-electron chi connectivity index (χ2n) is 3.05. The van der Waals surface area contributed by atoms with Gasteiger partial charge in [0.25, 0.3) is 0 Å². The van der Waals surface area contributed by atoms with Crippen LogP contribution in [0.25, 0.3) is 0 Å². The molecule has 0 saturated carbocycles. The van der Waals surface area contributed by atoms with Crippen LogP contribution in [0.5, 0.6) is 0 Å². The van der Waals surface area contributed by atoms with Crippen LogP contribution in [0.1, 0.15) is 12.7 Å². The highest BCUT2D eigenvalue weighted by atomic mass is 35.5. The lowest BCUT2D eigenvalue weighted by Crippen LogP contribution is -2.08. The van der Waals surface area contributed by atoms with Gasteiger partial charge in [-0.25, -0.2) is 0 Å². The lowest BCUT2D eigenvalue weighted by Gasteiger charge is -2.05. The zero-order valence-electron chi connectivity index (χ0n) is 9.96. The summed E-state index contributed by atoms with van der Waals surface area (Å²) in [5.74, 6) is 4.18. The number of rotatable bonds is 8. The van der Waals surface area contributed by atoms with E-state index in [1.54, 1.807) is 11.8 Å². The fourth-order valence-corrected chi connectivity index (χ4v) is 2.94. The molecule has 0 bridgehead atoms. The highest BCUT2D eigenvalue weighted by Gasteiger charge is 2.09. The monoisotopic (exact) mass is 294 g/mol. The summed E-state index contributed by atoms with van der Waals surface area (Å²) in [6.45, 7) is 7.05. The summed E-state index contributed by atoms with van der Waals surface area (Å²) in [6, 6.07) is 0. The number of halogens is 1. The third kappa shape index (κ3) is 5.33. The maximum atomic E-state index is 5.60. The minimum absolute atomic E-state index is 0. The Hall–Kier alpha value is -0.170. The molecule has 0 aliphatic rings. The maximum Gasteiger partial charge on any atom is 0.191 e. The van der Waals surface area contributed by atoms with Crippen LogP contribution in [-0.4, -0.2) is 32.0 Å². The number of thioether (sulfide) groups is 2. The van der Waals surface area contributed by atoms with Crippen LogP contribution in [-0.2, 0) is 13.1 Å². The van der Waals surface area contributed by atoms with Gasteiger partial charge in [0.15, 0.2) is 5.16 Å². The fourth-order valence-electron chi connectivity index (χ4n) is 1.23. The molecule has 0 aliphatic heterocycles. The van der Waals surface area contributed by atoms with Crippen molar-refractivity contribution in [2.45, 2.75) is 25.2 Å². The number of nitrogens with zero attached hydrogens (tertiary/aromatic N) is 3. The van der Waals surface area contributed by atoms with E-state index in [-0.39, 0.29) is 12.4 Å². The summed E-state index contributed by atoms with van der Waals surface area (Å²) < 4.78 is 2.02. The third-order valence-corrected chi connectivity index (χ3v) is 4.08. The van der Waals surface area contributed by atoms with Crippen molar-refractivity contribution >= 4 is 35.9 Å². The van der Waals surface area contributed by atoms with Crippen LogP contribution in [0.3, 0.4) is 0 Å². The molecular weight excluding hydrogens is 276 g/mol. The van der Waals surface area contributed by atoms with E-state index >= 15 is 0 Å². The molecule has 7 heteroatoms. The van der Waals surface area contributed by atoms with Gasteiger partial charge in [-0.15, -0.1) is 29.2 Å². The average Bonchev–Trinajstić information content (AvgIpc) is 2.68. The Bertz CT molecular complexity index is 330. The normalized spacial score (nSPS) is 10.0. The molecule has 0 fully saturated rings. The molecule has 98 valence electrons. The molecule has 1 aromatic rings. The highest BCUT2D eigenvalue weighted by Crippen LogP contribution is 2.18. The molecule has 1 heterocycles. The summed E-state index contributed by atoms with van der Waals surface area (Å²) in [6.07, 6.45) is 1.84. The molecule has 0 amide bonds. The summed E-state index contributed by atoms with van der Waals surface area (Å²) in [5, 5.41) is 9.15. The van der Waals surface area contributed by atoms with Crippen LogP contribution in [0.15, 0.2) is 17.8 Å². The van der Waals surface area contributed by atoms with Gasteiger partial charge in [0, 0.05) is 18.1 Å². The Labute approximate surface area is 117 Å². The summed E-state index contributed by atoms with van der Waals surface area (Å²) in [4.78, 5) is 0. The standard InChI is InChI=1S/C10H18N4S2.ClH/c1-3-5-14-9(8-11)12-13-10(14)16-7-6-15-4-2;/h3H,1,4-8,11H2,2H3;1H. The molecule has 4 nitrogen and oxygen atoms in total. The Morgan fingerprint density at radius 2 is 2.18 bits per heavy atom. The van der Waals surface area contributed by atoms with Crippen LogP contribution in [0, 0.1) is 0 Å². The van der Waals surface area contributed by atoms with E-state index in [1.165, 1.54) is 0 Å². The van der Waals surface area contributed by atoms with Gasteiger partial charge in [0.2, 0.25) is 0 Å². The van der Waals surface area contributed by atoms with Crippen molar-refractivity contribution < 1.29 is 0 Å². The number of hydrogen-bond donors (Lipinski definition) is 1. The summed E-state index contributed by atoms with van der Waals surface area (Å²) in [5.41, 5.74) is 5.60. The van der Waals surface area contributed by atoms with E-state index in [1.807, 2.05) is 22.4 Å². The van der Waals surface area contributed by atoms with E-state index in [0.29, 0.717) is 6.54 Å². The van der Waals surface area contributed by atoms with Crippen LogP contribution in [0.2, 0.25) is 0 Å². The molecule has 0 aliphatic carbocycles. The van der Waals surface area contributed by atoms with Gasteiger partial charge in [-0.2, -0.15) is 11.8 Å². The molecule has 0 aromatic carbocycles. The molecule has 17 heavy (non-hydrogen) atoms. The Kier molecular flexibility index (Phi) is 9.72. The Morgan fingerprint density at radius 3 is 2.76 bits per heavy atom. The van der Waals surface area contributed by atoms with Gasteiger partial charge in [-0.05, 0) is 5.75 Å². The largest absolute Gasteiger partial charge is 0.324 e. The smallest absolute Gasteiger partial charge is 0.191 e. The lowest BCUT2D eigenvalue weighted by atomic mass is 10.5. The molecule has 0 saturated heterocycles. The van der Waals surface area contributed by atoms with Crippen molar-refractivity contribution in [1.29, 1.82) is 0 Å². The maximum absolute atomic E-state index is 5.60. The van der Waals surface area contributed by atoms with Crippen molar-refractivity contribution in [2.24, 2.45) is 5.73 Å². The number of allylic oxidation sites excluding steroid dienone is 1. The first-order valence-electron chi connectivity index (χ1n) is 5.27. The van der Waals surface area contributed by atoms with Gasteiger partial charge in [-0.3, -0.25) is 0 Å². The van der Waals surface area contributed by atoms with E-state index in [2.05, 4.69) is 23.7 Å².